The van der Waals surface area contributed by atoms with Gasteiger partial charge in [0.05, 0.1) is 6.04 Å². The van der Waals surface area contributed by atoms with Gasteiger partial charge in [-0.05, 0) is 30.7 Å². The molecule has 3 nitrogen and oxygen atoms in total. The predicted molar refractivity (Wildman–Crippen MR) is 55.8 cm³/mol. The molecule has 0 aliphatic carbocycles. The van der Waals surface area contributed by atoms with Gasteiger partial charge in [0.2, 0.25) is 0 Å². The minimum absolute atomic E-state index is 0.121. The zero-order valence-electron chi connectivity index (χ0n) is 7.99. The summed E-state index contributed by atoms with van der Waals surface area (Å²) in [7, 11) is 0. The van der Waals surface area contributed by atoms with Crippen molar-refractivity contribution < 1.29 is 4.79 Å². The molecule has 0 saturated carbocycles. The molecule has 1 aliphatic rings. The van der Waals surface area contributed by atoms with Gasteiger partial charge < -0.3 is 11.1 Å². The Morgan fingerprint density at radius 3 is 2.64 bits per heavy atom. The lowest BCUT2D eigenvalue weighted by Gasteiger charge is -2.22. The molecule has 3 N–H and O–H groups in total. The summed E-state index contributed by atoms with van der Waals surface area (Å²) >= 11 is 0. The van der Waals surface area contributed by atoms with Gasteiger partial charge in [-0.1, -0.05) is 12.1 Å². The van der Waals surface area contributed by atoms with Crippen LogP contribution in [0.15, 0.2) is 24.3 Å². The van der Waals surface area contributed by atoms with E-state index in [4.69, 9.17) is 5.73 Å². The third-order valence-corrected chi connectivity index (χ3v) is 2.54. The molecule has 0 aromatic heterocycles. The van der Waals surface area contributed by atoms with Crippen molar-refractivity contribution in [3.05, 3.63) is 29.8 Å². The summed E-state index contributed by atoms with van der Waals surface area (Å²) in [4.78, 5) is 11.6. The summed E-state index contributed by atoms with van der Waals surface area (Å²) in [5.74, 6) is 0.279. The number of ketones is 1. The third kappa shape index (κ3) is 1.77. The second kappa shape index (κ2) is 3.80. The molecule has 3 heteroatoms. The minimum atomic E-state index is -0.121. The van der Waals surface area contributed by atoms with Gasteiger partial charge in [-0.2, -0.15) is 0 Å². The number of rotatable bonds is 1. The van der Waals surface area contributed by atoms with Crippen molar-refractivity contribution in [1.82, 2.24) is 5.32 Å². The molecule has 0 bridgehead atoms. The molecule has 0 radical (unpaired) electrons. The summed E-state index contributed by atoms with van der Waals surface area (Å²) < 4.78 is 0. The first kappa shape index (κ1) is 9.21. The number of carbonyl (C=O) groups is 1. The Morgan fingerprint density at radius 1 is 1.29 bits per heavy atom. The van der Waals surface area contributed by atoms with Crippen LogP contribution in [0.3, 0.4) is 0 Å². The molecule has 0 spiro atoms. The van der Waals surface area contributed by atoms with Crippen molar-refractivity contribution in [3.8, 4) is 0 Å². The van der Waals surface area contributed by atoms with Crippen molar-refractivity contribution in [1.29, 1.82) is 0 Å². The van der Waals surface area contributed by atoms with Gasteiger partial charge in [-0.15, -0.1) is 0 Å². The molecular weight excluding hydrogens is 176 g/mol. The molecule has 1 atom stereocenters. The van der Waals surface area contributed by atoms with E-state index in [9.17, 15) is 4.79 Å². The highest BCUT2D eigenvalue weighted by molar-refractivity contribution is 5.86. The molecule has 1 aromatic carbocycles. The van der Waals surface area contributed by atoms with Crippen LogP contribution in [0.2, 0.25) is 0 Å². The molecule has 0 amide bonds. The lowest BCUT2D eigenvalue weighted by Crippen LogP contribution is -2.34. The van der Waals surface area contributed by atoms with E-state index in [1.165, 1.54) is 0 Å². The number of piperidine rings is 1. The molecule has 1 saturated heterocycles. The number of nitrogen functional groups attached to an aromatic ring is 1. The standard InChI is InChI=1S/C11H14N2O/c12-9-5-3-8(4-6-9)11-10(14)2-1-7-13-11/h3-6,11,13H,1-2,7,12H2. The van der Waals surface area contributed by atoms with Gasteiger partial charge in [0.25, 0.3) is 0 Å². The maximum Gasteiger partial charge on any atom is 0.154 e. The van der Waals surface area contributed by atoms with Gasteiger partial charge in [-0.25, -0.2) is 0 Å². The second-order valence-corrected chi connectivity index (χ2v) is 3.62. The molecule has 74 valence electrons. The summed E-state index contributed by atoms with van der Waals surface area (Å²) in [5.41, 5.74) is 7.34. The largest absolute Gasteiger partial charge is 0.399 e. The summed E-state index contributed by atoms with van der Waals surface area (Å²) in [6.07, 6.45) is 1.63. The number of carbonyl (C=O) groups excluding carboxylic acids is 1. The molecule has 2 rings (SSSR count). The normalized spacial score (nSPS) is 22.3. The highest BCUT2D eigenvalue weighted by atomic mass is 16.1. The smallest absolute Gasteiger partial charge is 0.154 e. The van der Waals surface area contributed by atoms with Crippen molar-refractivity contribution in [2.45, 2.75) is 18.9 Å². The Bertz CT molecular complexity index is 332. The average molecular weight is 190 g/mol. The first-order valence-corrected chi connectivity index (χ1v) is 4.89. The lowest BCUT2D eigenvalue weighted by molar-refractivity contribution is -0.122. The van der Waals surface area contributed by atoms with Crippen LogP contribution >= 0.6 is 0 Å². The number of hydrogen-bond acceptors (Lipinski definition) is 3. The van der Waals surface area contributed by atoms with Crippen LogP contribution in [0, 0.1) is 0 Å². The fourth-order valence-corrected chi connectivity index (χ4v) is 1.76. The molecule has 1 aromatic rings. The van der Waals surface area contributed by atoms with Crippen LogP contribution in [0.4, 0.5) is 5.69 Å². The third-order valence-electron chi connectivity index (χ3n) is 2.54. The second-order valence-electron chi connectivity index (χ2n) is 3.62. The number of Topliss-reactive ketones (excluding diaryl/α,β-unsaturated/α-hetero) is 1. The molecule has 14 heavy (non-hydrogen) atoms. The number of hydrogen-bond donors (Lipinski definition) is 2. The van der Waals surface area contributed by atoms with Crippen molar-refractivity contribution in [2.75, 3.05) is 12.3 Å². The quantitative estimate of drug-likeness (QED) is 0.655. The highest BCUT2D eigenvalue weighted by Gasteiger charge is 2.22. The zero-order valence-corrected chi connectivity index (χ0v) is 7.99. The van der Waals surface area contributed by atoms with E-state index in [1.807, 2.05) is 24.3 Å². The lowest BCUT2D eigenvalue weighted by atomic mass is 9.96. The molecule has 1 heterocycles. The van der Waals surface area contributed by atoms with Gasteiger partial charge in [-0.3, -0.25) is 4.79 Å². The maximum absolute atomic E-state index is 11.6. The first-order valence-electron chi connectivity index (χ1n) is 4.89. The zero-order chi connectivity index (χ0) is 9.97. The average Bonchev–Trinajstić information content (AvgIpc) is 2.20. The van der Waals surface area contributed by atoms with Crippen molar-refractivity contribution in [2.24, 2.45) is 0 Å². The fourth-order valence-electron chi connectivity index (χ4n) is 1.76. The van der Waals surface area contributed by atoms with Crippen LogP contribution in [0.5, 0.6) is 0 Å². The van der Waals surface area contributed by atoms with E-state index in [1.54, 1.807) is 0 Å². The monoisotopic (exact) mass is 190 g/mol. The predicted octanol–water partition coefficient (Wildman–Crippen LogP) is 1.26. The van der Waals surface area contributed by atoms with E-state index in [0.717, 1.165) is 24.2 Å². The van der Waals surface area contributed by atoms with E-state index >= 15 is 0 Å². The summed E-state index contributed by atoms with van der Waals surface area (Å²) in [6.45, 7) is 0.917. The van der Waals surface area contributed by atoms with Crippen molar-refractivity contribution in [3.63, 3.8) is 0 Å². The number of nitrogens with one attached hydrogen (secondary N) is 1. The Labute approximate surface area is 83.3 Å². The molecule has 1 unspecified atom stereocenters. The Balaban J connectivity index is 2.20. The number of nitrogens with two attached hydrogens (primary N) is 1. The first-order chi connectivity index (χ1) is 6.77. The summed E-state index contributed by atoms with van der Waals surface area (Å²) in [5, 5.41) is 3.21. The van der Waals surface area contributed by atoms with E-state index in [0.29, 0.717) is 6.42 Å². The SMILES string of the molecule is Nc1ccc(C2NCCCC2=O)cc1. The number of benzene rings is 1. The highest BCUT2D eigenvalue weighted by Crippen LogP contribution is 2.20. The fraction of sp³-hybridized carbons (Fsp3) is 0.364. The van der Waals surface area contributed by atoms with E-state index in [2.05, 4.69) is 5.32 Å². The van der Waals surface area contributed by atoms with Crippen LogP contribution in [-0.4, -0.2) is 12.3 Å². The van der Waals surface area contributed by atoms with Gasteiger partial charge in [0.15, 0.2) is 5.78 Å². The van der Waals surface area contributed by atoms with Crippen LogP contribution < -0.4 is 11.1 Å². The van der Waals surface area contributed by atoms with Gasteiger partial charge in [0, 0.05) is 12.1 Å². The number of anilines is 1. The minimum Gasteiger partial charge on any atom is -0.399 e. The van der Waals surface area contributed by atoms with Crippen LogP contribution in [0.25, 0.3) is 0 Å². The van der Waals surface area contributed by atoms with Crippen molar-refractivity contribution >= 4 is 11.5 Å². The van der Waals surface area contributed by atoms with Crippen LogP contribution in [-0.2, 0) is 4.79 Å². The Hall–Kier alpha value is -1.35. The Morgan fingerprint density at radius 2 is 2.00 bits per heavy atom. The molecular formula is C11H14N2O. The van der Waals surface area contributed by atoms with E-state index < -0.39 is 0 Å². The van der Waals surface area contributed by atoms with Gasteiger partial charge in [0.1, 0.15) is 0 Å². The maximum atomic E-state index is 11.6. The molecule has 1 aliphatic heterocycles. The topological polar surface area (TPSA) is 55.1 Å². The summed E-state index contributed by atoms with van der Waals surface area (Å²) in [6, 6.07) is 7.37. The van der Waals surface area contributed by atoms with Gasteiger partial charge >= 0.3 is 0 Å². The molecule has 1 fully saturated rings. The Kier molecular flexibility index (Phi) is 2.50. The van der Waals surface area contributed by atoms with E-state index in [-0.39, 0.29) is 11.8 Å². The van der Waals surface area contributed by atoms with Crippen LogP contribution in [0.1, 0.15) is 24.4 Å².